The number of rotatable bonds is 5. The number of amides is 2. The molecule has 0 aliphatic rings. The number of halogens is 1. The highest BCUT2D eigenvalue weighted by Crippen LogP contribution is 2.25. The predicted molar refractivity (Wildman–Crippen MR) is 68.6 cm³/mol. The largest absolute Gasteiger partial charge is 0.495 e. The van der Waals surface area contributed by atoms with Gasteiger partial charge in [-0.2, -0.15) is 0 Å². The normalized spacial score (nSPS) is 9.76. The van der Waals surface area contributed by atoms with Crippen LogP contribution in [0.15, 0.2) is 18.2 Å². The van der Waals surface area contributed by atoms with Gasteiger partial charge in [0, 0.05) is 17.3 Å². The topological polar surface area (TPSA) is 81.4 Å². The molecule has 92 valence electrons. The van der Waals surface area contributed by atoms with Crippen LogP contribution in [0, 0.1) is 0 Å². The third-order valence-electron chi connectivity index (χ3n) is 2.08. The van der Waals surface area contributed by atoms with Crippen LogP contribution in [-0.2, 0) is 4.79 Å². The standard InChI is InChI=1S/C11H13BrN2O3/c1-17-9-3-2-7(11(13)16)6-8(9)14-10(15)4-5-12/h2-3,6H,4-5H2,1H3,(H2,13,16)(H,14,15). The molecular formula is C11H13BrN2O3. The minimum absolute atomic E-state index is 0.165. The first-order valence-corrected chi connectivity index (χ1v) is 6.04. The number of primary amides is 1. The van der Waals surface area contributed by atoms with Crippen molar-refractivity contribution in [1.29, 1.82) is 0 Å². The Kier molecular flexibility index (Phi) is 4.96. The second-order valence-corrected chi connectivity index (χ2v) is 4.06. The summed E-state index contributed by atoms with van der Waals surface area (Å²) in [5, 5.41) is 3.22. The third kappa shape index (κ3) is 3.74. The first kappa shape index (κ1) is 13.5. The van der Waals surface area contributed by atoms with Crippen LogP contribution in [0.3, 0.4) is 0 Å². The molecule has 0 bridgehead atoms. The van der Waals surface area contributed by atoms with Crippen molar-refractivity contribution in [3.8, 4) is 5.75 Å². The molecule has 0 fully saturated rings. The minimum Gasteiger partial charge on any atom is -0.495 e. The van der Waals surface area contributed by atoms with Gasteiger partial charge in [0.1, 0.15) is 5.75 Å². The molecule has 5 nitrogen and oxygen atoms in total. The summed E-state index contributed by atoms with van der Waals surface area (Å²) in [5.41, 5.74) is 5.92. The van der Waals surface area contributed by atoms with E-state index >= 15 is 0 Å². The molecule has 1 rings (SSSR count). The maximum absolute atomic E-state index is 11.4. The van der Waals surface area contributed by atoms with Crippen LogP contribution in [0.5, 0.6) is 5.75 Å². The van der Waals surface area contributed by atoms with Crippen molar-refractivity contribution < 1.29 is 14.3 Å². The summed E-state index contributed by atoms with van der Waals surface area (Å²) in [7, 11) is 1.49. The molecule has 0 aromatic heterocycles. The van der Waals surface area contributed by atoms with Gasteiger partial charge in [0.25, 0.3) is 0 Å². The minimum atomic E-state index is -0.552. The number of carbonyl (C=O) groups excluding carboxylic acids is 2. The van der Waals surface area contributed by atoms with Gasteiger partial charge in [-0.3, -0.25) is 9.59 Å². The average Bonchev–Trinajstić information content (AvgIpc) is 2.29. The molecular weight excluding hydrogens is 288 g/mol. The van der Waals surface area contributed by atoms with E-state index in [1.807, 2.05) is 0 Å². The van der Waals surface area contributed by atoms with Gasteiger partial charge in [0.15, 0.2) is 0 Å². The summed E-state index contributed by atoms with van der Waals surface area (Å²) in [6.45, 7) is 0. The van der Waals surface area contributed by atoms with E-state index in [0.29, 0.717) is 28.8 Å². The van der Waals surface area contributed by atoms with E-state index in [0.717, 1.165) is 0 Å². The molecule has 1 aromatic carbocycles. The zero-order valence-electron chi connectivity index (χ0n) is 9.33. The fourth-order valence-electron chi connectivity index (χ4n) is 1.26. The number of nitrogens with one attached hydrogen (secondary N) is 1. The quantitative estimate of drug-likeness (QED) is 0.809. The van der Waals surface area contributed by atoms with Gasteiger partial charge < -0.3 is 15.8 Å². The molecule has 17 heavy (non-hydrogen) atoms. The summed E-state index contributed by atoms with van der Waals surface area (Å²) in [5.74, 6) is -0.233. The van der Waals surface area contributed by atoms with Crippen molar-refractivity contribution in [1.82, 2.24) is 0 Å². The molecule has 0 unspecified atom stereocenters. The number of carbonyl (C=O) groups is 2. The van der Waals surface area contributed by atoms with Crippen LogP contribution in [0.2, 0.25) is 0 Å². The Labute approximate surface area is 107 Å². The van der Waals surface area contributed by atoms with Crippen LogP contribution in [0.4, 0.5) is 5.69 Å². The lowest BCUT2D eigenvalue weighted by Crippen LogP contribution is -2.15. The Hall–Kier alpha value is -1.56. The molecule has 2 amide bonds. The summed E-state index contributed by atoms with van der Waals surface area (Å²) in [6.07, 6.45) is 0.337. The van der Waals surface area contributed by atoms with Gasteiger partial charge in [0.05, 0.1) is 12.8 Å². The molecule has 0 radical (unpaired) electrons. The van der Waals surface area contributed by atoms with E-state index < -0.39 is 5.91 Å². The molecule has 0 atom stereocenters. The summed E-state index contributed by atoms with van der Waals surface area (Å²) >= 11 is 3.17. The SMILES string of the molecule is COc1ccc(C(N)=O)cc1NC(=O)CCBr. The summed E-state index contributed by atoms with van der Waals surface area (Å²) < 4.78 is 5.08. The summed E-state index contributed by atoms with van der Waals surface area (Å²) in [6, 6.07) is 4.62. The van der Waals surface area contributed by atoms with E-state index in [1.165, 1.54) is 13.2 Å². The van der Waals surface area contributed by atoms with Crippen LogP contribution in [-0.4, -0.2) is 24.3 Å². The summed E-state index contributed by atoms with van der Waals surface area (Å²) in [4.78, 5) is 22.5. The Morgan fingerprint density at radius 1 is 1.47 bits per heavy atom. The van der Waals surface area contributed by atoms with Gasteiger partial charge >= 0.3 is 0 Å². The molecule has 0 aliphatic heterocycles. The highest BCUT2D eigenvalue weighted by atomic mass is 79.9. The molecule has 0 spiro atoms. The number of alkyl halides is 1. The van der Waals surface area contributed by atoms with Crippen LogP contribution < -0.4 is 15.8 Å². The second kappa shape index (κ2) is 6.24. The van der Waals surface area contributed by atoms with Gasteiger partial charge in [-0.05, 0) is 18.2 Å². The first-order chi connectivity index (χ1) is 8.08. The van der Waals surface area contributed by atoms with Crippen molar-refractivity contribution in [2.75, 3.05) is 17.8 Å². The molecule has 0 aliphatic carbocycles. The first-order valence-electron chi connectivity index (χ1n) is 4.92. The van der Waals surface area contributed by atoms with E-state index in [-0.39, 0.29) is 5.91 Å². The number of hydrogen-bond donors (Lipinski definition) is 2. The lowest BCUT2D eigenvalue weighted by Gasteiger charge is -2.10. The predicted octanol–water partition coefficient (Wildman–Crippen LogP) is 1.52. The smallest absolute Gasteiger partial charge is 0.248 e. The van der Waals surface area contributed by atoms with Crippen LogP contribution in [0.1, 0.15) is 16.8 Å². The monoisotopic (exact) mass is 300 g/mol. The lowest BCUT2D eigenvalue weighted by atomic mass is 10.1. The number of hydrogen-bond acceptors (Lipinski definition) is 3. The van der Waals surface area contributed by atoms with Crippen molar-refractivity contribution in [3.63, 3.8) is 0 Å². The van der Waals surface area contributed by atoms with E-state index in [9.17, 15) is 9.59 Å². The van der Waals surface area contributed by atoms with Gasteiger partial charge in [-0.25, -0.2) is 0 Å². The second-order valence-electron chi connectivity index (χ2n) is 3.27. The van der Waals surface area contributed by atoms with E-state index in [2.05, 4.69) is 21.2 Å². The molecule has 0 heterocycles. The maximum Gasteiger partial charge on any atom is 0.248 e. The van der Waals surface area contributed by atoms with Crippen LogP contribution in [0.25, 0.3) is 0 Å². The lowest BCUT2D eigenvalue weighted by molar-refractivity contribution is -0.115. The van der Waals surface area contributed by atoms with Crippen molar-refractivity contribution >= 4 is 33.4 Å². The van der Waals surface area contributed by atoms with Gasteiger partial charge in [0.2, 0.25) is 11.8 Å². The van der Waals surface area contributed by atoms with E-state index in [4.69, 9.17) is 10.5 Å². The number of nitrogens with two attached hydrogens (primary N) is 1. The zero-order chi connectivity index (χ0) is 12.8. The average molecular weight is 301 g/mol. The van der Waals surface area contributed by atoms with E-state index in [1.54, 1.807) is 12.1 Å². The zero-order valence-corrected chi connectivity index (χ0v) is 10.9. The number of ether oxygens (including phenoxy) is 1. The highest BCUT2D eigenvalue weighted by Gasteiger charge is 2.10. The maximum atomic E-state index is 11.4. The molecule has 6 heteroatoms. The number of benzene rings is 1. The number of methoxy groups -OCH3 is 1. The van der Waals surface area contributed by atoms with Gasteiger partial charge in [-0.15, -0.1) is 0 Å². The highest BCUT2D eigenvalue weighted by molar-refractivity contribution is 9.09. The molecule has 3 N–H and O–H groups in total. The Morgan fingerprint density at radius 3 is 2.71 bits per heavy atom. The van der Waals surface area contributed by atoms with Gasteiger partial charge in [-0.1, -0.05) is 15.9 Å². The Bertz CT molecular complexity index is 435. The third-order valence-corrected chi connectivity index (χ3v) is 2.48. The fraction of sp³-hybridized carbons (Fsp3) is 0.273. The fourth-order valence-corrected chi connectivity index (χ4v) is 1.62. The van der Waals surface area contributed by atoms with Crippen molar-refractivity contribution in [3.05, 3.63) is 23.8 Å². The number of anilines is 1. The van der Waals surface area contributed by atoms with Crippen LogP contribution >= 0.6 is 15.9 Å². The Balaban J connectivity index is 2.97. The van der Waals surface area contributed by atoms with Crippen molar-refractivity contribution in [2.24, 2.45) is 5.73 Å². The molecule has 0 saturated heterocycles. The molecule has 0 saturated carbocycles. The Morgan fingerprint density at radius 2 is 2.18 bits per heavy atom. The molecule has 1 aromatic rings. The van der Waals surface area contributed by atoms with Crippen molar-refractivity contribution in [2.45, 2.75) is 6.42 Å².